The molecule has 0 fully saturated rings. The lowest BCUT2D eigenvalue weighted by atomic mass is 10.2. The molecule has 0 saturated carbocycles. The molecule has 0 aliphatic rings. The molecule has 2 rings (SSSR count). The predicted octanol–water partition coefficient (Wildman–Crippen LogP) is 3.84. The molecule has 0 radical (unpaired) electrons. The van der Waals surface area contributed by atoms with Gasteiger partial charge < -0.3 is 10.5 Å². The predicted molar refractivity (Wildman–Crippen MR) is 68.5 cm³/mol. The van der Waals surface area contributed by atoms with Gasteiger partial charge in [0.2, 0.25) is 0 Å². The zero-order chi connectivity index (χ0) is 12.3. The highest BCUT2D eigenvalue weighted by atomic mass is 79.9. The van der Waals surface area contributed by atoms with Crippen LogP contribution in [-0.4, -0.2) is 0 Å². The summed E-state index contributed by atoms with van der Waals surface area (Å²) in [4.78, 5) is 0. The van der Waals surface area contributed by atoms with Gasteiger partial charge >= 0.3 is 0 Å². The summed E-state index contributed by atoms with van der Waals surface area (Å²) >= 11 is 3.21. The van der Waals surface area contributed by atoms with Crippen LogP contribution in [0.4, 0.5) is 4.39 Å². The SMILES string of the molecule is NCc1ccc(Oc2cc(F)cc(Br)c2)cc1. The fraction of sp³-hybridized carbons (Fsp3) is 0.0769. The monoisotopic (exact) mass is 295 g/mol. The molecule has 0 heterocycles. The molecule has 0 unspecified atom stereocenters. The van der Waals surface area contributed by atoms with E-state index in [-0.39, 0.29) is 5.82 Å². The smallest absolute Gasteiger partial charge is 0.131 e. The summed E-state index contributed by atoms with van der Waals surface area (Å²) in [6, 6.07) is 11.8. The first-order valence-corrected chi connectivity index (χ1v) is 5.89. The van der Waals surface area contributed by atoms with E-state index < -0.39 is 0 Å². The molecule has 0 bridgehead atoms. The fourth-order valence-corrected chi connectivity index (χ4v) is 1.86. The summed E-state index contributed by atoms with van der Waals surface area (Å²) in [5.41, 5.74) is 6.52. The third-order valence-corrected chi connectivity index (χ3v) is 2.69. The van der Waals surface area contributed by atoms with Gasteiger partial charge in [-0.15, -0.1) is 0 Å². The number of halogens is 2. The van der Waals surface area contributed by atoms with Gasteiger partial charge in [0, 0.05) is 17.1 Å². The lowest BCUT2D eigenvalue weighted by molar-refractivity contribution is 0.476. The van der Waals surface area contributed by atoms with Crippen molar-refractivity contribution in [3.63, 3.8) is 0 Å². The van der Waals surface area contributed by atoms with E-state index in [1.807, 2.05) is 12.1 Å². The van der Waals surface area contributed by atoms with Crippen molar-refractivity contribution in [1.82, 2.24) is 0 Å². The quantitative estimate of drug-likeness (QED) is 0.934. The summed E-state index contributed by atoms with van der Waals surface area (Å²) in [6.07, 6.45) is 0. The molecule has 2 aromatic rings. The molecule has 17 heavy (non-hydrogen) atoms. The number of nitrogens with two attached hydrogens (primary N) is 1. The van der Waals surface area contributed by atoms with Gasteiger partial charge in [-0.3, -0.25) is 0 Å². The Hall–Kier alpha value is -1.39. The average molecular weight is 296 g/mol. The number of hydrogen-bond acceptors (Lipinski definition) is 2. The standard InChI is InChI=1S/C13H11BrFNO/c14-10-5-11(15)7-13(6-10)17-12-3-1-9(8-16)2-4-12/h1-7H,8,16H2. The second-order valence-electron chi connectivity index (χ2n) is 3.56. The molecule has 4 heteroatoms. The lowest BCUT2D eigenvalue weighted by Gasteiger charge is -2.07. The van der Waals surface area contributed by atoms with Crippen molar-refractivity contribution in [2.45, 2.75) is 6.54 Å². The third kappa shape index (κ3) is 3.28. The Bertz CT molecular complexity index is 493. The van der Waals surface area contributed by atoms with Gasteiger partial charge in [-0.05, 0) is 29.8 Å². The molecule has 0 saturated heterocycles. The second-order valence-corrected chi connectivity index (χ2v) is 4.47. The molecule has 2 N–H and O–H groups in total. The van der Waals surface area contributed by atoms with E-state index in [0.29, 0.717) is 22.5 Å². The minimum absolute atomic E-state index is 0.340. The van der Waals surface area contributed by atoms with E-state index in [0.717, 1.165) is 5.56 Å². The van der Waals surface area contributed by atoms with Crippen LogP contribution in [0, 0.1) is 5.82 Å². The molecule has 88 valence electrons. The summed E-state index contributed by atoms with van der Waals surface area (Å²) < 4.78 is 19.3. The number of benzene rings is 2. The number of hydrogen-bond donors (Lipinski definition) is 1. The molecular formula is C13H11BrFNO. The van der Waals surface area contributed by atoms with Crippen LogP contribution in [0.5, 0.6) is 11.5 Å². The van der Waals surface area contributed by atoms with Crippen molar-refractivity contribution in [3.8, 4) is 11.5 Å². The fourth-order valence-electron chi connectivity index (χ4n) is 1.42. The maximum absolute atomic E-state index is 13.1. The molecule has 0 atom stereocenters. The highest BCUT2D eigenvalue weighted by Crippen LogP contribution is 2.26. The van der Waals surface area contributed by atoms with Crippen molar-refractivity contribution in [2.75, 3.05) is 0 Å². The lowest BCUT2D eigenvalue weighted by Crippen LogP contribution is -1.95. The Kier molecular flexibility index (Phi) is 3.76. The van der Waals surface area contributed by atoms with Crippen molar-refractivity contribution in [1.29, 1.82) is 0 Å². The molecular weight excluding hydrogens is 285 g/mol. The van der Waals surface area contributed by atoms with Crippen LogP contribution >= 0.6 is 15.9 Å². The Balaban J connectivity index is 2.19. The van der Waals surface area contributed by atoms with Crippen LogP contribution in [0.25, 0.3) is 0 Å². The maximum atomic E-state index is 13.1. The topological polar surface area (TPSA) is 35.2 Å². The highest BCUT2D eigenvalue weighted by Gasteiger charge is 2.01. The summed E-state index contributed by atoms with van der Waals surface area (Å²) in [5.74, 6) is 0.769. The van der Waals surface area contributed by atoms with Crippen LogP contribution in [0.2, 0.25) is 0 Å². The first-order chi connectivity index (χ1) is 8.17. The van der Waals surface area contributed by atoms with E-state index in [1.54, 1.807) is 18.2 Å². The Labute approximate surface area is 107 Å². The Morgan fingerprint density at radius 1 is 1.06 bits per heavy atom. The van der Waals surface area contributed by atoms with Gasteiger partial charge in [-0.2, -0.15) is 0 Å². The first kappa shape index (κ1) is 12.1. The summed E-state index contributed by atoms with van der Waals surface area (Å²) in [5, 5.41) is 0. The molecule has 2 aromatic carbocycles. The molecule has 0 amide bonds. The van der Waals surface area contributed by atoms with Gasteiger partial charge in [0.25, 0.3) is 0 Å². The van der Waals surface area contributed by atoms with E-state index >= 15 is 0 Å². The van der Waals surface area contributed by atoms with Crippen molar-refractivity contribution >= 4 is 15.9 Å². The van der Waals surface area contributed by atoms with Gasteiger partial charge in [0.1, 0.15) is 17.3 Å². The van der Waals surface area contributed by atoms with E-state index in [1.165, 1.54) is 12.1 Å². The van der Waals surface area contributed by atoms with Crippen LogP contribution < -0.4 is 10.5 Å². The third-order valence-electron chi connectivity index (χ3n) is 2.23. The van der Waals surface area contributed by atoms with Crippen LogP contribution in [0.1, 0.15) is 5.56 Å². The number of ether oxygens (including phenoxy) is 1. The molecule has 0 spiro atoms. The minimum Gasteiger partial charge on any atom is -0.457 e. The van der Waals surface area contributed by atoms with Crippen LogP contribution in [-0.2, 0) is 6.54 Å². The van der Waals surface area contributed by atoms with E-state index in [9.17, 15) is 4.39 Å². The summed E-state index contributed by atoms with van der Waals surface area (Å²) in [7, 11) is 0. The second kappa shape index (κ2) is 5.29. The first-order valence-electron chi connectivity index (χ1n) is 5.10. The highest BCUT2D eigenvalue weighted by molar-refractivity contribution is 9.10. The molecule has 0 aliphatic carbocycles. The zero-order valence-corrected chi connectivity index (χ0v) is 10.6. The van der Waals surface area contributed by atoms with Crippen molar-refractivity contribution < 1.29 is 9.13 Å². The van der Waals surface area contributed by atoms with Gasteiger partial charge in [-0.25, -0.2) is 4.39 Å². The summed E-state index contributed by atoms with van der Waals surface area (Å²) in [6.45, 7) is 0.492. The largest absolute Gasteiger partial charge is 0.457 e. The number of rotatable bonds is 3. The van der Waals surface area contributed by atoms with Crippen LogP contribution in [0.15, 0.2) is 46.9 Å². The van der Waals surface area contributed by atoms with Crippen LogP contribution in [0.3, 0.4) is 0 Å². The normalized spacial score (nSPS) is 10.3. The Morgan fingerprint density at radius 3 is 2.35 bits per heavy atom. The van der Waals surface area contributed by atoms with E-state index in [2.05, 4.69) is 15.9 Å². The van der Waals surface area contributed by atoms with Crippen molar-refractivity contribution in [2.24, 2.45) is 5.73 Å². The molecule has 2 nitrogen and oxygen atoms in total. The van der Waals surface area contributed by atoms with E-state index in [4.69, 9.17) is 10.5 Å². The van der Waals surface area contributed by atoms with Crippen molar-refractivity contribution in [3.05, 3.63) is 58.3 Å². The molecule has 0 aliphatic heterocycles. The average Bonchev–Trinajstić information content (AvgIpc) is 2.28. The van der Waals surface area contributed by atoms with Gasteiger partial charge in [-0.1, -0.05) is 28.1 Å². The zero-order valence-electron chi connectivity index (χ0n) is 8.99. The maximum Gasteiger partial charge on any atom is 0.131 e. The minimum atomic E-state index is -0.340. The van der Waals surface area contributed by atoms with Gasteiger partial charge in [0.15, 0.2) is 0 Å². The molecule has 0 aromatic heterocycles. The van der Waals surface area contributed by atoms with Gasteiger partial charge in [0.05, 0.1) is 0 Å². The Morgan fingerprint density at radius 2 is 1.76 bits per heavy atom.